The Hall–Kier alpha value is -2.27. The highest BCUT2D eigenvalue weighted by Crippen LogP contribution is 2.26. The predicted molar refractivity (Wildman–Crippen MR) is 71.5 cm³/mol. The van der Waals surface area contributed by atoms with Crippen molar-refractivity contribution in [3.63, 3.8) is 0 Å². The second kappa shape index (κ2) is 4.78. The molecule has 0 unspecified atom stereocenters. The van der Waals surface area contributed by atoms with E-state index in [1.54, 1.807) is 18.5 Å². The van der Waals surface area contributed by atoms with Gasteiger partial charge in [-0.3, -0.25) is 9.78 Å². The number of amides is 1. The molecule has 1 aliphatic rings. The van der Waals surface area contributed by atoms with Crippen LogP contribution in [0.1, 0.15) is 22.5 Å². The molecule has 0 saturated carbocycles. The van der Waals surface area contributed by atoms with Gasteiger partial charge in [0, 0.05) is 23.3 Å². The number of ether oxygens (including phenoxy) is 1. The Kier molecular flexibility index (Phi) is 2.97. The van der Waals surface area contributed by atoms with Crippen LogP contribution in [0.15, 0.2) is 30.6 Å². The van der Waals surface area contributed by atoms with Gasteiger partial charge in [0.05, 0.1) is 18.7 Å². The van der Waals surface area contributed by atoms with Crippen LogP contribution in [0, 0.1) is 0 Å². The van der Waals surface area contributed by atoms with Crippen molar-refractivity contribution in [1.82, 2.24) is 9.97 Å². The van der Waals surface area contributed by atoms with Crippen LogP contribution in [0.2, 0.25) is 0 Å². The van der Waals surface area contributed by atoms with Gasteiger partial charge < -0.3 is 10.5 Å². The van der Waals surface area contributed by atoms with Crippen molar-refractivity contribution in [2.45, 2.75) is 6.42 Å². The second-order valence-electron chi connectivity index (χ2n) is 4.37. The third-order valence-corrected chi connectivity index (χ3v) is 3.16. The van der Waals surface area contributed by atoms with Crippen LogP contribution >= 0.6 is 0 Å². The molecular formula is C14H13N3O2. The smallest absolute Gasteiger partial charge is 0.267 e. The van der Waals surface area contributed by atoms with E-state index >= 15 is 0 Å². The predicted octanol–water partition coefficient (Wildman–Crippen LogP) is 1.53. The fourth-order valence-electron chi connectivity index (χ4n) is 2.19. The molecule has 96 valence electrons. The van der Waals surface area contributed by atoms with Crippen LogP contribution in [-0.4, -0.2) is 29.1 Å². The molecule has 0 fully saturated rings. The number of fused-ring (bicyclic) bond motifs is 1. The van der Waals surface area contributed by atoms with Crippen LogP contribution < -0.4 is 5.73 Å². The number of pyridine rings is 2. The SMILES string of the molecule is NC(=O)c1ccc2cncc(C3=CCOCC3)c2n1. The van der Waals surface area contributed by atoms with Gasteiger partial charge in [-0.1, -0.05) is 6.08 Å². The average molecular weight is 255 g/mol. The average Bonchev–Trinajstić information content (AvgIpc) is 2.47. The van der Waals surface area contributed by atoms with E-state index in [-0.39, 0.29) is 5.69 Å². The van der Waals surface area contributed by atoms with Gasteiger partial charge in [0.1, 0.15) is 5.69 Å². The Morgan fingerprint density at radius 3 is 2.95 bits per heavy atom. The first-order valence-corrected chi connectivity index (χ1v) is 6.07. The first-order valence-electron chi connectivity index (χ1n) is 6.07. The summed E-state index contributed by atoms with van der Waals surface area (Å²) in [4.78, 5) is 19.8. The summed E-state index contributed by atoms with van der Waals surface area (Å²) in [6, 6.07) is 3.44. The first kappa shape index (κ1) is 11.8. The molecule has 0 bridgehead atoms. The highest BCUT2D eigenvalue weighted by molar-refractivity contribution is 5.96. The lowest BCUT2D eigenvalue weighted by Crippen LogP contribution is -2.13. The van der Waals surface area contributed by atoms with Gasteiger partial charge in [-0.25, -0.2) is 4.98 Å². The zero-order valence-corrected chi connectivity index (χ0v) is 10.3. The van der Waals surface area contributed by atoms with Gasteiger partial charge >= 0.3 is 0 Å². The van der Waals surface area contributed by atoms with Crippen LogP contribution in [0.25, 0.3) is 16.5 Å². The number of rotatable bonds is 2. The largest absolute Gasteiger partial charge is 0.377 e. The van der Waals surface area contributed by atoms with Crippen molar-refractivity contribution in [3.05, 3.63) is 41.9 Å². The molecule has 0 saturated heterocycles. The van der Waals surface area contributed by atoms with Gasteiger partial charge in [-0.05, 0) is 24.1 Å². The molecule has 0 aliphatic carbocycles. The maximum absolute atomic E-state index is 11.2. The zero-order chi connectivity index (χ0) is 13.2. The Morgan fingerprint density at radius 2 is 2.21 bits per heavy atom. The lowest BCUT2D eigenvalue weighted by molar-refractivity contribution is 0.0996. The summed E-state index contributed by atoms with van der Waals surface area (Å²) in [7, 11) is 0. The molecule has 5 heteroatoms. The molecular weight excluding hydrogens is 242 g/mol. The van der Waals surface area contributed by atoms with Gasteiger partial charge in [0.2, 0.25) is 0 Å². The number of aromatic nitrogens is 2. The maximum Gasteiger partial charge on any atom is 0.267 e. The summed E-state index contributed by atoms with van der Waals surface area (Å²) in [5, 5.41) is 0.898. The Balaban J connectivity index is 2.20. The van der Waals surface area contributed by atoms with Crippen LogP contribution in [0.5, 0.6) is 0 Å². The minimum atomic E-state index is -0.523. The van der Waals surface area contributed by atoms with Crippen molar-refractivity contribution in [2.75, 3.05) is 13.2 Å². The normalized spacial score (nSPS) is 15.3. The number of carbonyl (C=O) groups is 1. The fraction of sp³-hybridized carbons (Fsp3) is 0.214. The third kappa shape index (κ3) is 2.20. The quantitative estimate of drug-likeness (QED) is 0.882. The summed E-state index contributed by atoms with van der Waals surface area (Å²) in [5.41, 5.74) is 8.42. The molecule has 1 aliphatic heterocycles. The molecule has 1 amide bonds. The van der Waals surface area contributed by atoms with E-state index in [2.05, 4.69) is 9.97 Å². The van der Waals surface area contributed by atoms with Gasteiger partial charge in [0.25, 0.3) is 5.91 Å². The number of nitrogens with two attached hydrogens (primary N) is 1. The van der Waals surface area contributed by atoms with E-state index in [0.29, 0.717) is 13.2 Å². The molecule has 0 aromatic carbocycles. The summed E-state index contributed by atoms with van der Waals surface area (Å²) in [6.07, 6.45) is 6.36. The standard InChI is InChI=1S/C14H13N3O2/c15-14(18)12-2-1-10-7-16-8-11(13(10)17-12)9-3-5-19-6-4-9/h1-3,7-8H,4-6H2,(H2,15,18). The lowest BCUT2D eigenvalue weighted by Gasteiger charge is -2.14. The highest BCUT2D eigenvalue weighted by Gasteiger charge is 2.13. The number of hydrogen-bond donors (Lipinski definition) is 1. The van der Waals surface area contributed by atoms with Gasteiger partial charge in [-0.15, -0.1) is 0 Å². The monoisotopic (exact) mass is 255 g/mol. The maximum atomic E-state index is 11.2. The van der Waals surface area contributed by atoms with Gasteiger partial charge in [0.15, 0.2) is 0 Å². The highest BCUT2D eigenvalue weighted by atomic mass is 16.5. The summed E-state index contributed by atoms with van der Waals surface area (Å²) in [6.45, 7) is 1.29. The first-order chi connectivity index (χ1) is 9.25. The topological polar surface area (TPSA) is 78.1 Å². The van der Waals surface area contributed by atoms with Crippen LogP contribution in [0.3, 0.4) is 0 Å². The molecule has 3 rings (SSSR count). The minimum absolute atomic E-state index is 0.271. The Morgan fingerprint density at radius 1 is 1.32 bits per heavy atom. The third-order valence-electron chi connectivity index (χ3n) is 3.16. The van der Waals surface area contributed by atoms with Crippen molar-refractivity contribution in [2.24, 2.45) is 5.73 Å². The van der Waals surface area contributed by atoms with Crippen LogP contribution in [-0.2, 0) is 4.74 Å². The number of nitrogens with zero attached hydrogens (tertiary/aromatic N) is 2. The number of hydrogen-bond acceptors (Lipinski definition) is 4. The molecule has 0 spiro atoms. The van der Waals surface area contributed by atoms with Crippen LogP contribution in [0.4, 0.5) is 0 Å². The molecule has 3 heterocycles. The van der Waals surface area contributed by atoms with E-state index in [9.17, 15) is 4.79 Å². The molecule has 2 N–H and O–H groups in total. The minimum Gasteiger partial charge on any atom is -0.377 e. The molecule has 0 radical (unpaired) electrons. The Labute approximate surface area is 110 Å². The van der Waals surface area contributed by atoms with E-state index in [0.717, 1.165) is 28.5 Å². The zero-order valence-electron chi connectivity index (χ0n) is 10.3. The molecule has 5 nitrogen and oxygen atoms in total. The van der Waals surface area contributed by atoms with Crippen molar-refractivity contribution >= 4 is 22.4 Å². The van der Waals surface area contributed by atoms with Gasteiger partial charge in [-0.2, -0.15) is 0 Å². The summed E-state index contributed by atoms with van der Waals surface area (Å²) in [5.74, 6) is -0.523. The number of primary amides is 1. The van der Waals surface area contributed by atoms with Crippen molar-refractivity contribution in [3.8, 4) is 0 Å². The van der Waals surface area contributed by atoms with E-state index in [1.807, 2.05) is 12.1 Å². The van der Waals surface area contributed by atoms with E-state index < -0.39 is 5.91 Å². The van der Waals surface area contributed by atoms with Crippen molar-refractivity contribution in [1.29, 1.82) is 0 Å². The number of carbonyl (C=O) groups excluding carboxylic acids is 1. The molecule has 2 aromatic rings. The molecule has 2 aromatic heterocycles. The Bertz CT molecular complexity index is 679. The fourth-order valence-corrected chi connectivity index (χ4v) is 2.19. The lowest BCUT2D eigenvalue weighted by atomic mass is 10.0. The molecule has 0 atom stereocenters. The second-order valence-corrected chi connectivity index (χ2v) is 4.37. The van der Waals surface area contributed by atoms with Crippen molar-refractivity contribution < 1.29 is 9.53 Å². The summed E-state index contributed by atoms with van der Waals surface area (Å²) >= 11 is 0. The van der Waals surface area contributed by atoms with E-state index in [4.69, 9.17) is 10.5 Å². The summed E-state index contributed by atoms with van der Waals surface area (Å²) < 4.78 is 5.30. The van der Waals surface area contributed by atoms with E-state index in [1.165, 1.54) is 0 Å². The molecule has 19 heavy (non-hydrogen) atoms.